The SMILES string of the molecule is Cc1ccc(-c2noc(-c3ccc(O)cc3)n2)cc1F. The molecule has 1 N–H and O–H groups in total. The summed E-state index contributed by atoms with van der Waals surface area (Å²) in [6, 6.07) is 11.2. The van der Waals surface area contributed by atoms with Gasteiger partial charge in [0.25, 0.3) is 5.89 Å². The van der Waals surface area contributed by atoms with E-state index >= 15 is 0 Å². The minimum atomic E-state index is -0.307. The molecule has 0 fully saturated rings. The van der Waals surface area contributed by atoms with E-state index in [9.17, 15) is 9.50 Å². The van der Waals surface area contributed by atoms with Crippen LogP contribution in [0.2, 0.25) is 0 Å². The first kappa shape index (κ1) is 12.3. The van der Waals surface area contributed by atoms with Crippen molar-refractivity contribution in [3.05, 3.63) is 53.8 Å². The highest BCUT2D eigenvalue weighted by Crippen LogP contribution is 2.24. The van der Waals surface area contributed by atoms with Crippen molar-refractivity contribution >= 4 is 0 Å². The third kappa shape index (κ3) is 2.25. The third-order valence-electron chi connectivity index (χ3n) is 2.97. The summed E-state index contributed by atoms with van der Waals surface area (Å²) in [5.74, 6) is 0.500. The Balaban J connectivity index is 1.97. The molecule has 2 aromatic carbocycles. The number of halogens is 1. The fourth-order valence-corrected chi connectivity index (χ4v) is 1.79. The van der Waals surface area contributed by atoms with Gasteiger partial charge in [0.2, 0.25) is 5.82 Å². The molecular weight excluding hydrogens is 259 g/mol. The van der Waals surface area contributed by atoms with Crippen molar-refractivity contribution in [3.63, 3.8) is 0 Å². The van der Waals surface area contributed by atoms with Gasteiger partial charge < -0.3 is 9.63 Å². The van der Waals surface area contributed by atoms with Crippen molar-refractivity contribution in [2.24, 2.45) is 0 Å². The largest absolute Gasteiger partial charge is 0.508 e. The maximum absolute atomic E-state index is 13.5. The first-order valence-electron chi connectivity index (χ1n) is 6.03. The van der Waals surface area contributed by atoms with Crippen molar-refractivity contribution in [1.29, 1.82) is 0 Å². The van der Waals surface area contributed by atoms with Gasteiger partial charge in [0.1, 0.15) is 11.6 Å². The molecule has 1 aromatic heterocycles. The predicted molar refractivity (Wildman–Crippen MR) is 71.5 cm³/mol. The molecule has 0 amide bonds. The molecule has 0 atom stereocenters. The normalized spacial score (nSPS) is 10.7. The second kappa shape index (κ2) is 4.77. The lowest BCUT2D eigenvalue weighted by molar-refractivity contribution is 0.432. The van der Waals surface area contributed by atoms with Gasteiger partial charge in [-0.05, 0) is 42.8 Å². The summed E-state index contributed by atoms with van der Waals surface area (Å²) in [5, 5.41) is 13.1. The minimum absolute atomic E-state index is 0.161. The Morgan fingerprint density at radius 1 is 1.05 bits per heavy atom. The van der Waals surface area contributed by atoms with E-state index in [4.69, 9.17) is 4.52 Å². The zero-order chi connectivity index (χ0) is 14.1. The van der Waals surface area contributed by atoms with E-state index in [-0.39, 0.29) is 11.6 Å². The summed E-state index contributed by atoms with van der Waals surface area (Å²) >= 11 is 0. The van der Waals surface area contributed by atoms with E-state index in [2.05, 4.69) is 10.1 Å². The number of phenols is 1. The van der Waals surface area contributed by atoms with Crippen LogP contribution in [0, 0.1) is 12.7 Å². The Labute approximate surface area is 114 Å². The monoisotopic (exact) mass is 270 g/mol. The molecule has 0 aliphatic heterocycles. The number of phenolic OH excluding ortho intramolecular Hbond substituents is 1. The smallest absolute Gasteiger partial charge is 0.258 e. The molecule has 0 bridgehead atoms. The highest BCUT2D eigenvalue weighted by molar-refractivity contribution is 5.60. The fraction of sp³-hybridized carbons (Fsp3) is 0.0667. The standard InChI is InChI=1S/C15H11FN2O2/c1-9-2-3-11(8-13(9)16)14-17-15(20-18-14)10-4-6-12(19)7-5-10/h2-8,19H,1H3. The summed E-state index contributed by atoms with van der Waals surface area (Å²) < 4.78 is 18.7. The molecule has 0 saturated heterocycles. The van der Waals surface area contributed by atoms with Gasteiger partial charge in [-0.2, -0.15) is 4.98 Å². The van der Waals surface area contributed by atoms with E-state index < -0.39 is 0 Å². The van der Waals surface area contributed by atoms with E-state index in [1.165, 1.54) is 18.2 Å². The molecule has 20 heavy (non-hydrogen) atoms. The maximum atomic E-state index is 13.5. The van der Waals surface area contributed by atoms with Gasteiger partial charge in [0.15, 0.2) is 0 Å². The Kier molecular flexibility index (Phi) is 2.95. The Morgan fingerprint density at radius 3 is 2.45 bits per heavy atom. The lowest BCUT2D eigenvalue weighted by atomic mass is 10.1. The molecule has 0 spiro atoms. The predicted octanol–water partition coefficient (Wildman–Crippen LogP) is 3.56. The van der Waals surface area contributed by atoms with Crippen molar-refractivity contribution in [1.82, 2.24) is 10.1 Å². The average molecular weight is 270 g/mol. The van der Waals surface area contributed by atoms with Crippen LogP contribution in [0.3, 0.4) is 0 Å². The number of aromatic nitrogens is 2. The van der Waals surface area contributed by atoms with Crippen molar-refractivity contribution in [3.8, 4) is 28.6 Å². The molecule has 1 heterocycles. The molecule has 0 radical (unpaired) electrons. The number of aryl methyl sites for hydroxylation is 1. The summed E-state index contributed by atoms with van der Waals surface area (Å²) in [6.07, 6.45) is 0. The molecular formula is C15H11FN2O2. The van der Waals surface area contributed by atoms with E-state index in [1.807, 2.05) is 0 Å². The van der Waals surface area contributed by atoms with Crippen LogP contribution in [0.25, 0.3) is 22.8 Å². The number of nitrogens with zero attached hydrogens (tertiary/aromatic N) is 2. The highest BCUT2D eigenvalue weighted by Gasteiger charge is 2.11. The lowest BCUT2D eigenvalue weighted by Gasteiger charge is -1.97. The van der Waals surface area contributed by atoms with Crippen molar-refractivity contribution in [2.75, 3.05) is 0 Å². The van der Waals surface area contributed by atoms with Crippen LogP contribution in [0.5, 0.6) is 5.75 Å². The second-order valence-electron chi connectivity index (χ2n) is 4.43. The first-order valence-corrected chi connectivity index (χ1v) is 6.03. The van der Waals surface area contributed by atoms with Gasteiger partial charge in [-0.15, -0.1) is 0 Å². The van der Waals surface area contributed by atoms with Gasteiger partial charge in [0, 0.05) is 11.1 Å². The van der Waals surface area contributed by atoms with Crippen molar-refractivity contribution in [2.45, 2.75) is 6.92 Å². The molecule has 0 unspecified atom stereocenters. The molecule has 3 aromatic rings. The molecule has 5 heteroatoms. The number of rotatable bonds is 2. The van der Waals surface area contributed by atoms with Gasteiger partial charge in [-0.3, -0.25) is 0 Å². The number of hydrogen-bond donors (Lipinski definition) is 1. The van der Waals surface area contributed by atoms with E-state index in [1.54, 1.807) is 31.2 Å². The van der Waals surface area contributed by atoms with E-state index in [0.717, 1.165) is 0 Å². The summed E-state index contributed by atoms with van der Waals surface area (Å²) in [7, 11) is 0. The van der Waals surface area contributed by atoms with Crippen molar-refractivity contribution < 1.29 is 14.0 Å². The number of benzene rings is 2. The molecule has 4 nitrogen and oxygen atoms in total. The Morgan fingerprint density at radius 2 is 1.75 bits per heavy atom. The van der Waals surface area contributed by atoms with Crippen LogP contribution in [0.1, 0.15) is 5.56 Å². The molecule has 0 aliphatic carbocycles. The van der Waals surface area contributed by atoms with Gasteiger partial charge in [-0.1, -0.05) is 17.3 Å². The maximum Gasteiger partial charge on any atom is 0.258 e. The number of aromatic hydroxyl groups is 1. The van der Waals surface area contributed by atoms with Crippen LogP contribution in [0.4, 0.5) is 4.39 Å². The van der Waals surface area contributed by atoms with Crippen LogP contribution in [0.15, 0.2) is 47.0 Å². The highest BCUT2D eigenvalue weighted by atomic mass is 19.1. The van der Waals surface area contributed by atoms with Gasteiger partial charge in [-0.25, -0.2) is 4.39 Å². The molecule has 100 valence electrons. The quantitative estimate of drug-likeness (QED) is 0.773. The van der Waals surface area contributed by atoms with Crippen LogP contribution >= 0.6 is 0 Å². The van der Waals surface area contributed by atoms with E-state index in [0.29, 0.717) is 28.4 Å². The van der Waals surface area contributed by atoms with Gasteiger partial charge >= 0.3 is 0 Å². The molecule has 3 rings (SSSR count). The summed E-state index contributed by atoms with van der Waals surface area (Å²) in [6.45, 7) is 1.69. The summed E-state index contributed by atoms with van der Waals surface area (Å²) in [5.41, 5.74) is 1.81. The van der Waals surface area contributed by atoms with Crippen LogP contribution in [-0.2, 0) is 0 Å². The van der Waals surface area contributed by atoms with Gasteiger partial charge in [0.05, 0.1) is 0 Å². The third-order valence-corrected chi connectivity index (χ3v) is 2.97. The van der Waals surface area contributed by atoms with Crippen LogP contribution in [-0.4, -0.2) is 15.2 Å². The first-order chi connectivity index (χ1) is 9.63. The second-order valence-corrected chi connectivity index (χ2v) is 4.43. The van der Waals surface area contributed by atoms with Crippen LogP contribution < -0.4 is 0 Å². The topological polar surface area (TPSA) is 59.2 Å². The average Bonchev–Trinajstić information content (AvgIpc) is 2.92. The lowest BCUT2D eigenvalue weighted by Crippen LogP contribution is -1.86. The molecule has 0 aliphatic rings. The Bertz CT molecular complexity index is 751. The number of hydrogen-bond acceptors (Lipinski definition) is 4. The zero-order valence-electron chi connectivity index (χ0n) is 10.7. The zero-order valence-corrected chi connectivity index (χ0v) is 10.7. The summed E-state index contributed by atoms with van der Waals surface area (Å²) in [4.78, 5) is 4.23. The molecule has 0 saturated carbocycles. The minimum Gasteiger partial charge on any atom is -0.508 e. The Hall–Kier alpha value is -2.69. The fourth-order valence-electron chi connectivity index (χ4n) is 1.79.